The van der Waals surface area contributed by atoms with E-state index in [1.54, 1.807) is 12.1 Å². The summed E-state index contributed by atoms with van der Waals surface area (Å²) in [4.78, 5) is 0. The van der Waals surface area contributed by atoms with Crippen molar-refractivity contribution in [2.45, 2.75) is 38.3 Å². The Bertz CT molecular complexity index is 382. The smallest absolute Gasteiger partial charge is 0.123 e. The van der Waals surface area contributed by atoms with Crippen LogP contribution in [0.3, 0.4) is 0 Å². The first-order valence-corrected chi connectivity index (χ1v) is 6.56. The second-order valence-electron chi connectivity index (χ2n) is 4.86. The fourth-order valence-corrected chi connectivity index (χ4v) is 2.39. The number of halogens is 1. The summed E-state index contributed by atoms with van der Waals surface area (Å²) in [6.45, 7) is 2.67. The lowest BCUT2D eigenvalue weighted by Crippen LogP contribution is -2.47. The van der Waals surface area contributed by atoms with Gasteiger partial charge < -0.3 is 4.74 Å². The molecule has 0 aromatic heterocycles. The van der Waals surface area contributed by atoms with E-state index in [4.69, 9.17) is 10.6 Å². The first-order chi connectivity index (χ1) is 8.74. The van der Waals surface area contributed by atoms with Crippen LogP contribution in [0.2, 0.25) is 0 Å². The van der Waals surface area contributed by atoms with Gasteiger partial charge in [-0.3, -0.25) is 11.3 Å². The number of rotatable bonds is 7. The van der Waals surface area contributed by atoms with Gasteiger partial charge in [-0.05, 0) is 49.8 Å². The van der Waals surface area contributed by atoms with E-state index in [0.29, 0.717) is 18.9 Å². The predicted molar refractivity (Wildman–Crippen MR) is 69.4 cm³/mol. The van der Waals surface area contributed by atoms with Crippen LogP contribution >= 0.6 is 0 Å². The van der Waals surface area contributed by atoms with Crippen LogP contribution in [-0.4, -0.2) is 18.8 Å². The average Bonchev–Trinajstić information content (AvgIpc) is 3.18. The maximum absolute atomic E-state index is 13.2. The van der Waals surface area contributed by atoms with Crippen LogP contribution < -0.4 is 11.3 Å². The molecule has 2 atom stereocenters. The summed E-state index contributed by atoms with van der Waals surface area (Å²) in [5, 5.41) is 0. The SMILES string of the molecule is CCOC(C1CC1)C(Cc1cccc(F)c1)NN. The largest absolute Gasteiger partial charge is 0.377 e. The third kappa shape index (κ3) is 3.51. The molecule has 0 heterocycles. The zero-order chi connectivity index (χ0) is 13.0. The first-order valence-electron chi connectivity index (χ1n) is 6.56. The van der Waals surface area contributed by atoms with Crippen molar-refractivity contribution < 1.29 is 9.13 Å². The molecule has 0 aliphatic heterocycles. The standard InChI is InChI=1S/C14H21FN2O/c1-2-18-14(11-6-7-11)13(17-16)9-10-4-3-5-12(15)8-10/h3-5,8,11,13-14,17H,2,6-7,9,16H2,1H3. The molecular weight excluding hydrogens is 231 g/mol. The molecular formula is C14H21FN2O. The summed E-state index contributed by atoms with van der Waals surface area (Å²) in [5.41, 5.74) is 3.78. The summed E-state index contributed by atoms with van der Waals surface area (Å²) in [7, 11) is 0. The maximum atomic E-state index is 13.2. The van der Waals surface area contributed by atoms with Crippen molar-refractivity contribution >= 4 is 0 Å². The van der Waals surface area contributed by atoms with Crippen molar-refractivity contribution in [2.75, 3.05) is 6.61 Å². The Labute approximate surface area is 107 Å². The second kappa shape index (κ2) is 6.27. The number of hydrazine groups is 1. The van der Waals surface area contributed by atoms with Crippen LogP contribution in [0.25, 0.3) is 0 Å². The summed E-state index contributed by atoms with van der Waals surface area (Å²) in [6, 6.07) is 6.70. The lowest BCUT2D eigenvalue weighted by molar-refractivity contribution is 0.0192. The lowest BCUT2D eigenvalue weighted by atomic mass is 9.98. The van der Waals surface area contributed by atoms with Crippen molar-refractivity contribution in [1.29, 1.82) is 0 Å². The summed E-state index contributed by atoms with van der Waals surface area (Å²) >= 11 is 0. The number of ether oxygens (including phenoxy) is 1. The van der Waals surface area contributed by atoms with Crippen LogP contribution in [0, 0.1) is 11.7 Å². The number of nitrogens with two attached hydrogens (primary N) is 1. The molecule has 0 spiro atoms. The third-order valence-corrected chi connectivity index (χ3v) is 3.40. The molecule has 1 aromatic rings. The highest BCUT2D eigenvalue weighted by atomic mass is 19.1. The van der Waals surface area contributed by atoms with Gasteiger partial charge in [-0.15, -0.1) is 0 Å². The highest BCUT2D eigenvalue weighted by Crippen LogP contribution is 2.36. The molecule has 1 aromatic carbocycles. The fraction of sp³-hybridized carbons (Fsp3) is 0.571. The molecule has 1 saturated carbocycles. The second-order valence-corrected chi connectivity index (χ2v) is 4.86. The van der Waals surface area contributed by atoms with E-state index >= 15 is 0 Å². The van der Waals surface area contributed by atoms with Gasteiger partial charge in [0.05, 0.1) is 12.1 Å². The van der Waals surface area contributed by atoms with Crippen LogP contribution in [0.5, 0.6) is 0 Å². The molecule has 2 unspecified atom stereocenters. The third-order valence-electron chi connectivity index (χ3n) is 3.40. The van der Waals surface area contributed by atoms with Crippen LogP contribution in [0.1, 0.15) is 25.3 Å². The van der Waals surface area contributed by atoms with Crippen LogP contribution in [0.4, 0.5) is 4.39 Å². The first kappa shape index (κ1) is 13.5. The molecule has 0 saturated heterocycles. The molecule has 1 aliphatic rings. The van der Waals surface area contributed by atoms with Crippen LogP contribution in [-0.2, 0) is 11.2 Å². The zero-order valence-corrected chi connectivity index (χ0v) is 10.7. The molecule has 3 N–H and O–H groups in total. The van der Waals surface area contributed by atoms with Crippen molar-refractivity contribution in [2.24, 2.45) is 11.8 Å². The Balaban J connectivity index is 2.03. The van der Waals surface area contributed by atoms with Crippen LogP contribution in [0.15, 0.2) is 24.3 Å². The molecule has 0 amide bonds. The normalized spacial score (nSPS) is 18.6. The highest BCUT2D eigenvalue weighted by molar-refractivity contribution is 5.18. The average molecular weight is 252 g/mol. The number of hydrogen-bond donors (Lipinski definition) is 2. The molecule has 100 valence electrons. The highest BCUT2D eigenvalue weighted by Gasteiger charge is 2.36. The maximum Gasteiger partial charge on any atom is 0.123 e. The molecule has 0 bridgehead atoms. The molecule has 3 nitrogen and oxygen atoms in total. The summed E-state index contributed by atoms with van der Waals surface area (Å²) in [6.07, 6.45) is 3.22. The van der Waals surface area contributed by atoms with Gasteiger partial charge in [-0.2, -0.15) is 0 Å². The Hall–Kier alpha value is -0.970. The van der Waals surface area contributed by atoms with Gasteiger partial charge in [-0.1, -0.05) is 12.1 Å². The van der Waals surface area contributed by atoms with Gasteiger partial charge in [0.1, 0.15) is 5.82 Å². The van der Waals surface area contributed by atoms with Gasteiger partial charge >= 0.3 is 0 Å². The van der Waals surface area contributed by atoms with Crippen molar-refractivity contribution in [1.82, 2.24) is 5.43 Å². The van der Waals surface area contributed by atoms with E-state index < -0.39 is 0 Å². The van der Waals surface area contributed by atoms with Gasteiger partial charge in [0.2, 0.25) is 0 Å². The van der Waals surface area contributed by atoms with E-state index in [2.05, 4.69) is 5.43 Å². The van der Waals surface area contributed by atoms with Gasteiger partial charge in [0.15, 0.2) is 0 Å². The van der Waals surface area contributed by atoms with E-state index in [0.717, 1.165) is 5.56 Å². The van der Waals surface area contributed by atoms with Gasteiger partial charge in [0, 0.05) is 6.61 Å². The monoisotopic (exact) mass is 252 g/mol. The summed E-state index contributed by atoms with van der Waals surface area (Å²) in [5.74, 6) is 6.02. The van der Waals surface area contributed by atoms with E-state index in [-0.39, 0.29) is 18.0 Å². The Morgan fingerprint density at radius 2 is 2.28 bits per heavy atom. The quantitative estimate of drug-likeness (QED) is 0.576. The topological polar surface area (TPSA) is 47.3 Å². The zero-order valence-electron chi connectivity index (χ0n) is 10.7. The Kier molecular flexibility index (Phi) is 4.69. The molecule has 2 rings (SSSR count). The number of benzene rings is 1. The minimum absolute atomic E-state index is 0.0410. The van der Waals surface area contributed by atoms with E-state index in [9.17, 15) is 4.39 Å². The molecule has 18 heavy (non-hydrogen) atoms. The molecule has 1 fully saturated rings. The van der Waals surface area contributed by atoms with Gasteiger partial charge in [-0.25, -0.2) is 4.39 Å². The fourth-order valence-electron chi connectivity index (χ4n) is 2.39. The minimum atomic E-state index is -0.206. The summed E-state index contributed by atoms with van der Waals surface area (Å²) < 4.78 is 18.9. The number of hydrogen-bond acceptors (Lipinski definition) is 3. The van der Waals surface area contributed by atoms with Gasteiger partial charge in [0.25, 0.3) is 0 Å². The van der Waals surface area contributed by atoms with E-state index in [1.807, 2.05) is 13.0 Å². The van der Waals surface area contributed by atoms with Crippen molar-refractivity contribution in [3.8, 4) is 0 Å². The minimum Gasteiger partial charge on any atom is -0.377 e. The molecule has 1 aliphatic carbocycles. The lowest BCUT2D eigenvalue weighted by Gasteiger charge is -2.26. The Morgan fingerprint density at radius 3 is 2.83 bits per heavy atom. The Morgan fingerprint density at radius 1 is 1.50 bits per heavy atom. The molecule has 4 heteroatoms. The molecule has 0 radical (unpaired) electrons. The predicted octanol–water partition coefficient (Wildman–Crippen LogP) is 2.02. The van der Waals surface area contributed by atoms with E-state index in [1.165, 1.54) is 18.9 Å². The number of nitrogens with one attached hydrogen (secondary N) is 1. The van der Waals surface area contributed by atoms with Crippen molar-refractivity contribution in [3.63, 3.8) is 0 Å². The van der Waals surface area contributed by atoms with Crippen molar-refractivity contribution in [3.05, 3.63) is 35.6 Å².